The molecule has 0 amide bonds. The average Bonchev–Trinajstić information content (AvgIpc) is 2.50. The van der Waals surface area contributed by atoms with E-state index in [9.17, 15) is 0 Å². The summed E-state index contributed by atoms with van der Waals surface area (Å²) >= 11 is 0. The van der Waals surface area contributed by atoms with Gasteiger partial charge in [0.15, 0.2) is 0 Å². The van der Waals surface area contributed by atoms with Crippen LogP contribution in [0.2, 0.25) is 0 Å². The molecule has 1 aliphatic rings. The Hall–Kier alpha value is -0.380. The third-order valence-corrected chi connectivity index (χ3v) is 2.55. The molecule has 0 N–H and O–H groups in total. The lowest BCUT2D eigenvalue weighted by Gasteiger charge is -2.21. The standard InChI is InChI=1S/C10H19NO2/c1-4-5-11-7-10(13-3)6-9(11)8-12-2/h4,9-10H,1,5-8H2,2-3H3/t9-,10-/m1/s1. The molecule has 3 nitrogen and oxygen atoms in total. The Morgan fingerprint density at radius 2 is 2.31 bits per heavy atom. The predicted molar refractivity (Wildman–Crippen MR) is 52.8 cm³/mol. The number of ether oxygens (including phenoxy) is 2. The monoisotopic (exact) mass is 185 g/mol. The Kier molecular flexibility index (Phi) is 4.42. The fourth-order valence-electron chi connectivity index (χ4n) is 1.86. The molecule has 1 heterocycles. The Balaban J connectivity index is 2.43. The summed E-state index contributed by atoms with van der Waals surface area (Å²) in [5.41, 5.74) is 0. The van der Waals surface area contributed by atoms with E-state index in [0.29, 0.717) is 12.1 Å². The van der Waals surface area contributed by atoms with Crippen molar-refractivity contribution in [3.05, 3.63) is 12.7 Å². The number of methoxy groups -OCH3 is 2. The maximum atomic E-state index is 5.33. The van der Waals surface area contributed by atoms with Crippen LogP contribution in [-0.2, 0) is 9.47 Å². The normalized spacial score (nSPS) is 29.4. The molecule has 0 aromatic rings. The van der Waals surface area contributed by atoms with Crippen LogP contribution in [0.1, 0.15) is 6.42 Å². The van der Waals surface area contributed by atoms with E-state index in [2.05, 4.69) is 11.5 Å². The maximum Gasteiger partial charge on any atom is 0.0714 e. The zero-order chi connectivity index (χ0) is 9.68. The van der Waals surface area contributed by atoms with E-state index in [1.54, 1.807) is 14.2 Å². The zero-order valence-corrected chi connectivity index (χ0v) is 8.53. The van der Waals surface area contributed by atoms with E-state index in [1.807, 2.05) is 6.08 Å². The minimum Gasteiger partial charge on any atom is -0.383 e. The van der Waals surface area contributed by atoms with Gasteiger partial charge in [0, 0.05) is 33.4 Å². The van der Waals surface area contributed by atoms with Crippen LogP contribution >= 0.6 is 0 Å². The first kappa shape index (κ1) is 10.7. The van der Waals surface area contributed by atoms with E-state index in [-0.39, 0.29) is 0 Å². The molecule has 0 spiro atoms. The summed E-state index contributed by atoms with van der Waals surface area (Å²) in [7, 11) is 3.51. The molecule has 0 aromatic carbocycles. The van der Waals surface area contributed by atoms with Crippen LogP contribution in [0.4, 0.5) is 0 Å². The van der Waals surface area contributed by atoms with Crippen LogP contribution in [0.15, 0.2) is 12.7 Å². The van der Waals surface area contributed by atoms with E-state index in [4.69, 9.17) is 9.47 Å². The third kappa shape index (κ3) is 2.79. The SMILES string of the molecule is C=CCN1C[C@H](OC)C[C@@H]1COC. The number of hydrogen-bond acceptors (Lipinski definition) is 3. The van der Waals surface area contributed by atoms with Crippen molar-refractivity contribution in [1.82, 2.24) is 4.90 Å². The van der Waals surface area contributed by atoms with Crippen molar-refractivity contribution in [3.63, 3.8) is 0 Å². The van der Waals surface area contributed by atoms with Gasteiger partial charge in [0.1, 0.15) is 0 Å². The highest BCUT2D eigenvalue weighted by atomic mass is 16.5. The van der Waals surface area contributed by atoms with E-state index >= 15 is 0 Å². The van der Waals surface area contributed by atoms with Gasteiger partial charge < -0.3 is 9.47 Å². The van der Waals surface area contributed by atoms with Crippen molar-refractivity contribution in [2.75, 3.05) is 33.9 Å². The maximum absolute atomic E-state index is 5.33. The first-order chi connectivity index (χ1) is 6.31. The van der Waals surface area contributed by atoms with Crippen molar-refractivity contribution >= 4 is 0 Å². The van der Waals surface area contributed by atoms with Gasteiger partial charge >= 0.3 is 0 Å². The summed E-state index contributed by atoms with van der Waals surface area (Å²) in [5.74, 6) is 0. The van der Waals surface area contributed by atoms with Crippen LogP contribution in [0.3, 0.4) is 0 Å². The summed E-state index contributed by atoms with van der Waals surface area (Å²) < 4.78 is 10.5. The minimum atomic E-state index is 0.361. The lowest BCUT2D eigenvalue weighted by molar-refractivity contribution is 0.109. The van der Waals surface area contributed by atoms with Crippen LogP contribution in [0.5, 0.6) is 0 Å². The third-order valence-electron chi connectivity index (χ3n) is 2.55. The van der Waals surface area contributed by atoms with Crippen molar-refractivity contribution in [3.8, 4) is 0 Å². The second-order valence-corrected chi connectivity index (χ2v) is 3.45. The first-order valence-electron chi connectivity index (χ1n) is 4.68. The highest BCUT2D eigenvalue weighted by molar-refractivity contribution is 4.89. The summed E-state index contributed by atoms with van der Waals surface area (Å²) in [6.07, 6.45) is 3.36. The number of hydrogen-bond donors (Lipinski definition) is 0. The van der Waals surface area contributed by atoms with Gasteiger partial charge in [-0.05, 0) is 6.42 Å². The van der Waals surface area contributed by atoms with Crippen molar-refractivity contribution < 1.29 is 9.47 Å². The number of rotatable bonds is 5. The molecule has 1 saturated heterocycles. The molecule has 0 radical (unpaired) electrons. The molecule has 0 aliphatic carbocycles. The smallest absolute Gasteiger partial charge is 0.0714 e. The second-order valence-electron chi connectivity index (χ2n) is 3.45. The quantitative estimate of drug-likeness (QED) is 0.594. The number of nitrogens with zero attached hydrogens (tertiary/aromatic N) is 1. The fraction of sp³-hybridized carbons (Fsp3) is 0.800. The Labute approximate surface area is 80.3 Å². The van der Waals surface area contributed by atoms with Crippen LogP contribution in [-0.4, -0.2) is 51.0 Å². The van der Waals surface area contributed by atoms with Gasteiger partial charge in [-0.25, -0.2) is 0 Å². The van der Waals surface area contributed by atoms with Crippen LogP contribution in [0, 0.1) is 0 Å². The Bertz CT molecular complexity index is 161. The molecule has 1 fully saturated rings. The highest BCUT2D eigenvalue weighted by Gasteiger charge is 2.30. The molecule has 0 bridgehead atoms. The van der Waals surface area contributed by atoms with Gasteiger partial charge in [0.2, 0.25) is 0 Å². The summed E-state index contributed by atoms with van der Waals surface area (Å²) in [4.78, 5) is 2.35. The average molecular weight is 185 g/mol. The Morgan fingerprint density at radius 1 is 1.54 bits per heavy atom. The van der Waals surface area contributed by atoms with Gasteiger partial charge in [-0.2, -0.15) is 0 Å². The van der Waals surface area contributed by atoms with Gasteiger partial charge in [0.25, 0.3) is 0 Å². The lowest BCUT2D eigenvalue weighted by atomic mass is 10.2. The summed E-state index contributed by atoms with van der Waals surface area (Å²) in [6.45, 7) is 6.45. The van der Waals surface area contributed by atoms with E-state index in [0.717, 1.165) is 26.1 Å². The Morgan fingerprint density at radius 3 is 2.85 bits per heavy atom. The van der Waals surface area contributed by atoms with Gasteiger partial charge in [0.05, 0.1) is 12.7 Å². The highest BCUT2D eigenvalue weighted by Crippen LogP contribution is 2.19. The molecule has 1 aliphatic heterocycles. The summed E-state index contributed by atoms with van der Waals surface area (Å²) in [6, 6.07) is 0.493. The molecule has 0 unspecified atom stereocenters. The molecular formula is C10H19NO2. The molecule has 1 rings (SSSR count). The zero-order valence-electron chi connectivity index (χ0n) is 8.53. The van der Waals surface area contributed by atoms with E-state index in [1.165, 1.54) is 0 Å². The van der Waals surface area contributed by atoms with Crippen molar-refractivity contribution in [2.45, 2.75) is 18.6 Å². The van der Waals surface area contributed by atoms with Gasteiger partial charge in [-0.15, -0.1) is 6.58 Å². The molecule has 2 atom stereocenters. The van der Waals surface area contributed by atoms with Crippen LogP contribution in [0.25, 0.3) is 0 Å². The number of likely N-dealkylation sites (tertiary alicyclic amines) is 1. The lowest BCUT2D eigenvalue weighted by Crippen LogP contribution is -2.33. The molecular weight excluding hydrogens is 166 g/mol. The minimum absolute atomic E-state index is 0.361. The molecule has 13 heavy (non-hydrogen) atoms. The topological polar surface area (TPSA) is 21.7 Å². The van der Waals surface area contributed by atoms with E-state index < -0.39 is 0 Å². The molecule has 0 saturated carbocycles. The van der Waals surface area contributed by atoms with Crippen molar-refractivity contribution in [2.24, 2.45) is 0 Å². The molecule has 3 heteroatoms. The largest absolute Gasteiger partial charge is 0.383 e. The summed E-state index contributed by atoms with van der Waals surface area (Å²) in [5, 5.41) is 0. The van der Waals surface area contributed by atoms with Crippen molar-refractivity contribution in [1.29, 1.82) is 0 Å². The van der Waals surface area contributed by atoms with Gasteiger partial charge in [-0.1, -0.05) is 6.08 Å². The first-order valence-corrected chi connectivity index (χ1v) is 4.68. The second kappa shape index (κ2) is 5.37. The molecule has 76 valence electrons. The fourth-order valence-corrected chi connectivity index (χ4v) is 1.86. The van der Waals surface area contributed by atoms with Gasteiger partial charge in [-0.3, -0.25) is 4.90 Å². The molecule has 0 aromatic heterocycles. The predicted octanol–water partition coefficient (Wildman–Crippen LogP) is 0.908. The van der Waals surface area contributed by atoms with Crippen LogP contribution < -0.4 is 0 Å².